The van der Waals surface area contributed by atoms with Gasteiger partial charge in [0, 0.05) is 5.39 Å². The first-order chi connectivity index (χ1) is 7.75. The van der Waals surface area contributed by atoms with Crippen LogP contribution in [-0.2, 0) is 0 Å². The largest absolute Gasteiger partial charge is 0.476 e. The number of carbonyl (C=O) groups is 1. The molecule has 6 nitrogen and oxygen atoms in total. The summed E-state index contributed by atoms with van der Waals surface area (Å²) in [6.07, 6.45) is 2.86. The molecule has 0 amide bonds. The summed E-state index contributed by atoms with van der Waals surface area (Å²) in [5.74, 6) is -1.09. The zero-order chi connectivity index (χ0) is 11.1. The second kappa shape index (κ2) is 2.99. The molecule has 0 bridgehead atoms. The lowest BCUT2D eigenvalue weighted by Crippen LogP contribution is -2.01. The molecule has 3 aromatic rings. The lowest BCUT2D eigenvalue weighted by atomic mass is 10.2. The van der Waals surface area contributed by atoms with Crippen LogP contribution in [0, 0.1) is 0 Å². The molecule has 0 spiro atoms. The molecule has 0 saturated heterocycles. The summed E-state index contributed by atoms with van der Waals surface area (Å²) in [7, 11) is 0. The van der Waals surface area contributed by atoms with Crippen molar-refractivity contribution in [2.75, 3.05) is 0 Å². The standard InChI is InChI=1S/C10H6N4O2/c15-10(16)8-4-11-7-2-1-6-5(3-12-14-6)9(7)13-8/h1-4H,(H,12,14)(H,15,16). The van der Waals surface area contributed by atoms with Gasteiger partial charge in [-0.25, -0.2) is 9.78 Å². The molecule has 1 aromatic carbocycles. The van der Waals surface area contributed by atoms with Crippen molar-refractivity contribution in [2.24, 2.45) is 0 Å². The van der Waals surface area contributed by atoms with Gasteiger partial charge in [0.1, 0.15) is 5.52 Å². The first-order valence-corrected chi connectivity index (χ1v) is 4.58. The van der Waals surface area contributed by atoms with Crippen LogP contribution < -0.4 is 0 Å². The third-order valence-electron chi connectivity index (χ3n) is 2.35. The molecule has 0 aliphatic heterocycles. The minimum atomic E-state index is -1.09. The number of carboxylic acids is 1. The third kappa shape index (κ3) is 1.13. The fourth-order valence-electron chi connectivity index (χ4n) is 1.60. The summed E-state index contributed by atoms with van der Waals surface area (Å²) in [6, 6.07) is 3.61. The number of hydrogen-bond donors (Lipinski definition) is 2. The number of nitrogens with one attached hydrogen (secondary N) is 1. The van der Waals surface area contributed by atoms with Crippen LogP contribution in [0.15, 0.2) is 24.5 Å². The molecule has 6 heteroatoms. The average Bonchev–Trinajstić information content (AvgIpc) is 2.76. The van der Waals surface area contributed by atoms with Gasteiger partial charge in [-0.3, -0.25) is 10.1 Å². The van der Waals surface area contributed by atoms with E-state index in [0.29, 0.717) is 11.0 Å². The van der Waals surface area contributed by atoms with E-state index in [1.807, 2.05) is 6.07 Å². The molecule has 2 N–H and O–H groups in total. The predicted molar refractivity (Wildman–Crippen MR) is 56.1 cm³/mol. The summed E-state index contributed by atoms with van der Waals surface area (Å²) in [6.45, 7) is 0. The maximum absolute atomic E-state index is 10.8. The molecule has 0 aliphatic rings. The van der Waals surface area contributed by atoms with Crippen molar-refractivity contribution in [3.63, 3.8) is 0 Å². The van der Waals surface area contributed by atoms with Crippen LogP contribution in [-0.4, -0.2) is 31.2 Å². The zero-order valence-electron chi connectivity index (χ0n) is 8.01. The number of H-pyrrole nitrogens is 1. The number of hydrogen-bond acceptors (Lipinski definition) is 4. The van der Waals surface area contributed by atoms with Gasteiger partial charge in [-0.2, -0.15) is 5.10 Å². The first kappa shape index (κ1) is 8.78. The molecular weight excluding hydrogens is 208 g/mol. The highest BCUT2D eigenvalue weighted by atomic mass is 16.4. The van der Waals surface area contributed by atoms with Crippen LogP contribution in [0.5, 0.6) is 0 Å². The maximum atomic E-state index is 10.8. The molecule has 78 valence electrons. The Morgan fingerprint density at radius 3 is 3.00 bits per heavy atom. The van der Waals surface area contributed by atoms with E-state index < -0.39 is 5.97 Å². The number of aromatic nitrogens is 4. The number of nitrogens with zero attached hydrogens (tertiary/aromatic N) is 3. The van der Waals surface area contributed by atoms with E-state index in [1.165, 1.54) is 6.20 Å². The van der Waals surface area contributed by atoms with Crippen LogP contribution in [0.2, 0.25) is 0 Å². The Morgan fingerprint density at radius 2 is 2.19 bits per heavy atom. The van der Waals surface area contributed by atoms with Gasteiger partial charge in [-0.05, 0) is 12.1 Å². The number of benzene rings is 1. The normalized spacial score (nSPS) is 11.0. The number of carboxylic acid groups (broad SMARTS) is 1. The highest BCUT2D eigenvalue weighted by molar-refractivity contribution is 6.03. The summed E-state index contributed by atoms with van der Waals surface area (Å²) in [5.41, 5.74) is 1.94. The Kier molecular flexibility index (Phi) is 1.64. The summed E-state index contributed by atoms with van der Waals surface area (Å²) >= 11 is 0. The van der Waals surface area contributed by atoms with Gasteiger partial charge in [0.15, 0.2) is 5.69 Å². The molecule has 3 rings (SSSR count). The Hall–Kier alpha value is -2.50. The molecule has 2 heterocycles. The SMILES string of the molecule is O=C(O)c1cnc2ccc3[nH]ncc3c2n1. The first-order valence-electron chi connectivity index (χ1n) is 4.58. The fourth-order valence-corrected chi connectivity index (χ4v) is 1.60. The summed E-state index contributed by atoms with van der Waals surface area (Å²) < 4.78 is 0. The van der Waals surface area contributed by atoms with Gasteiger partial charge in [0.25, 0.3) is 0 Å². The van der Waals surface area contributed by atoms with Crippen LogP contribution in [0.4, 0.5) is 0 Å². The van der Waals surface area contributed by atoms with E-state index >= 15 is 0 Å². The highest BCUT2D eigenvalue weighted by Crippen LogP contribution is 2.20. The quantitative estimate of drug-likeness (QED) is 0.635. The Balaban J connectivity index is 2.46. The topological polar surface area (TPSA) is 91.8 Å². The maximum Gasteiger partial charge on any atom is 0.356 e. The van der Waals surface area contributed by atoms with Crippen LogP contribution in [0.3, 0.4) is 0 Å². The van der Waals surface area contributed by atoms with Crippen LogP contribution in [0.25, 0.3) is 21.9 Å². The Bertz CT molecular complexity index is 704. The van der Waals surface area contributed by atoms with Crippen LogP contribution in [0.1, 0.15) is 10.5 Å². The van der Waals surface area contributed by atoms with Gasteiger partial charge < -0.3 is 5.11 Å². The highest BCUT2D eigenvalue weighted by Gasteiger charge is 2.09. The van der Waals surface area contributed by atoms with Crippen molar-refractivity contribution in [3.05, 3.63) is 30.2 Å². The lowest BCUT2D eigenvalue weighted by Gasteiger charge is -1.99. The molecule has 2 aromatic heterocycles. The minimum Gasteiger partial charge on any atom is -0.476 e. The lowest BCUT2D eigenvalue weighted by molar-refractivity contribution is 0.0690. The molecule has 0 saturated carbocycles. The van der Waals surface area contributed by atoms with Crippen molar-refractivity contribution in [1.29, 1.82) is 0 Å². The van der Waals surface area contributed by atoms with E-state index in [-0.39, 0.29) is 5.69 Å². The van der Waals surface area contributed by atoms with Crippen molar-refractivity contribution < 1.29 is 9.90 Å². The monoisotopic (exact) mass is 214 g/mol. The predicted octanol–water partition coefficient (Wildman–Crippen LogP) is 1.20. The molecule has 0 unspecified atom stereocenters. The minimum absolute atomic E-state index is 0.0683. The Morgan fingerprint density at radius 1 is 1.31 bits per heavy atom. The average molecular weight is 214 g/mol. The second-order valence-corrected chi connectivity index (χ2v) is 3.32. The van der Waals surface area contributed by atoms with Gasteiger partial charge in [-0.15, -0.1) is 0 Å². The number of fused-ring (bicyclic) bond motifs is 3. The summed E-state index contributed by atoms with van der Waals surface area (Å²) in [4.78, 5) is 18.9. The van der Waals surface area contributed by atoms with Crippen LogP contribution >= 0.6 is 0 Å². The molecule has 0 aliphatic carbocycles. The van der Waals surface area contributed by atoms with Crippen molar-refractivity contribution in [1.82, 2.24) is 20.2 Å². The number of aromatic carboxylic acids is 1. The fraction of sp³-hybridized carbons (Fsp3) is 0. The van der Waals surface area contributed by atoms with E-state index in [0.717, 1.165) is 10.9 Å². The van der Waals surface area contributed by atoms with Gasteiger partial charge in [0.2, 0.25) is 0 Å². The van der Waals surface area contributed by atoms with Crippen molar-refractivity contribution in [3.8, 4) is 0 Å². The third-order valence-corrected chi connectivity index (χ3v) is 2.35. The number of aromatic amines is 1. The molecule has 0 radical (unpaired) electrons. The Labute approximate surface area is 89.0 Å². The van der Waals surface area contributed by atoms with E-state index in [1.54, 1.807) is 12.3 Å². The van der Waals surface area contributed by atoms with E-state index in [4.69, 9.17) is 5.11 Å². The molecule has 16 heavy (non-hydrogen) atoms. The van der Waals surface area contributed by atoms with Crippen molar-refractivity contribution in [2.45, 2.75) is 0 Å². The van der Waals surface area contributed by atoms with Crippen molar-refractivity contribution >= 4 is 27.9 Å². The van der Waals surface area contributed by atoms with Gasteiger partial charge in [0.05, 0.1) is 23.4 Å². The molecule has 0 fully saturated rings. The molecule has 0 atom stereocenters. The van der Waals surface area contributed by atoms with E-state index in [2.05, 4.69) is 20.2 Å². The summed E-state index contributed by atoms with van der Waals surface area (Å²) in [5, 5.41) is 16.3. The van der Waals surface area contributed by atoms with Gasteiger partial charge in [-0.1, -0.05) is 0 Å². The molecular formula is C10H6N4O2. The van der Waals surface area contributed by atoms with E-state index in [9.17, 15) is 4.79 Å². The second-order valence-electron chi connectivity index (χ2n) is 3.32. The van der Waals surface area contributed by atoms with Gasteiger partial charge >= 0.3 is 5.97 Å². The smallest absolute Gasteiger partial charge is 0.356 e. The number of rotatable bonds is 1. The zero-order valence-corrected chi connectivity index (χ0v) is 8.01.